The Hall–Kier alpha value is -2.55. The fraction of sp³-hybridized carbons (Fsp3) is 0.667. The molecule has 52 heavy (non-hydrogen) atoms. The molecule has 0 aliphatic heterocycles. The first-order valence-electron chi connectivity index (χ1n) is 19.7. The highest BCUT2D eigenvalue weighted by Crippen LogP contribution is 2.36. The van der Waals surface area contributed by atoms with Crippen LogP contribution in [0.5, 0.6) is 0 Å². The Labute approximate surface area is 315 Å². The van der Waals surface area contributed by atoms with Gasteiger partial charge in [0, 0.05) is 12.8 Å². The van der Waals surface area contributed by atoms with Gasteiger partial charge in [-0.1, -0.05) is 164 Å². The second-order valence-corrected chi connectivity index (χ2v) is 14.6. The van der Waals surface area contributed by atoms with Crippen LogP contribution in [0.2, 0.25) is 0 Å². The molecule has 0 aliphatic rings. The quantitative estimate of drug-likeness (QED) is 0.0193. The lowest BCUT2D eigenvalue weighted by Gasteiger charge is -2.18. The molecule has 0 amide bonds. The summed E-state index contributed by atoms with van der Waals surface area (Å²) in [4.78, 5) is 42.8. The molecule has 0 saturated heterocycles. The minimum Gasteiger partial charge on any atom is -0.462 e. The minimum atomic E-state index is -4.82. The molecule has 0 aromatic carbocycles. The summed E-state index contributed by atoms with van der Waals surface area (Å²) in [6.45, 7) is 5.69. The number of rotatable bonds is 34. The summed E-state index contributed by atoms with van der Waals surface area (Å²) in [6.07, 6.45) is 41.0. The Morgan fingerprint density at radius 3 is 1.69 bits per heavy atom. The monoisotopic (exact) mass is 750 g/mol. The van der Waals surface area contributed by atoms with Gasteiger partial charge >= 0.3 is 19.8 Å². The molecule has 3 atom stereocenters. The Morgan fingerprint density at radius 1 is 0.635 bits per heavy atom. The van der Waals surface area contributed by atoms with Gasteiger partial charge in [0.15, 0.2) is 6.10 Å². The van der Waals surface area contributed by atoms with Crippen LogP contribution in [0.3, 0.4) is 0 Å². The molecule has 9 nitrogen and oxygen atoms in total. The Bertz CT molecular complexity index is 1100. The summed E-state index contributed by atoms with van der Waals surface area (Å²) >= 11 is 0. The van der Waals surface area contributed by atoms with Crippen molar-refractivity contribution in [3.8, 4) is 0 Å². The fourth-order valence-corrected chi connectivity index (χ4v) is 5.41. The molecular weight excluding hydrogens is 679 g/mol. The van der Waals surface area contributed by atoms with Crippen molar-refractivity contribution in [3.63, 3.8) is 0 Å². The Kier molecular flexibility index (Phi) is 33.7. The summed E-state index contributed by atoms with van der Waals surface area (Å²) < 4.78 is 26.2. The summed E-state index contributed by atoms with van der Waals surface area (Å²) in [7, 11) is -4.82. The van der Waals surface area contributed by atoms with Crippen LogP contribution in [0.4, 0.5) is 0 Å². The van der Waals surface area contributed by atoms with E-state index in [2.05, 4.69) is 73.9 Å². The van der Waals surface area contributed by atoms with Crippen molar-refractivity contribution >= 4 is 19.8 Å². The van der Waals surface area contributed by atoms with Crippen molar-refractivity contribution in [2.45, 2.75) is 161 Å². The number of phosphoric ester groups is 1. The van der Waals surface area contributed by atoms with Crippen LogP contribution in [0.1, 0.15) is 149 Å². The second-order valence-electron chi connectivity index (χ2n) is 13.3. The number of hydrogen-bond donors (Lipinski definition) is 3. The molecule has 3 N–H and O–H groups in total. The molecule has 0 aromatic heterocycles. The van der Waals surface area contributed by atoms with Gasteiger partial charge in [0.2, 0.25) is 0 Å². The van der Waals surface area contributed by atoms with Crippen molar-refractivity contribution in [2.75, 3.05) is 13.2 Å². The van der Waals surface area contributed by atoms with Gasteiger partial charge in [-0.15, -0.1) is 0 Å². The number of carbonyl (C=O) groups is 2. The van der Waals surface area contributed by atoms with E-state index in [0.717, 1.165) is 57.3 Å². The maximum Gasteiger partial charge on any atom is 0.469 e. The van der Waals surface area contributed by atoms with Gasteiger partial charge in [-0.05, 0) is 50.9 Å². The van der Waals surface area contributed by atoms with Gasteiger partial charge < -0.3 is 24.4 Å². The van der Waals surface area contributed by atoms with E-state index in [4.69, 9.17) is 19.3 Å². The summed E-state index contributed by atoms with van der Waals surface area (Å²) in [6, 6.07) is 0. The van der Waals surface area contributed by atoms with Gasteiger partial charge in [0.1, 0.15) is 6.61 Å². The predicted molar refractivity (Wildman–Crippen MR) is 213 cm³/mol. The van der Waals surface area contributed by atoms with Crippen molar-refractivity contribution < 1.29 is 43.0 Å². The lowest BCUT2D eigenvalue weighted by atomic mass is 9.99. The maximum absolute atomic E-state index is 12.4. The number of carbonyl (C=O) groups excluding carboxylic acids is 2. The smallest absolute Gasteiger partial charge is 0.462 e. The molecule has 0 aliphatic carbocycles. The predicted octanol–water partition coefficient (Wildman–Crippen LogP) is 10.7. The summed E-state index contributed by atoms with van der Waals surface area (Å²) in [5.41, 5.74) is 0. The van der Waals surface area contributed by atoms with Gasteiger partial charge in [-0.2, -0.15) is 0 Å². The average molecular weight is 751 g/mol. The van der Waals surface area contributed by atoms with Crippen LogP contribution in [0, 0.1) is 5.92 Å². The highest BCUT2D eigenvalue weighted by atomic mass is 31.2. The van der Waals surface area contributed by atoms with Gasteiger partial charge in [-0.3, -0.25) is 14.1 Å². The lowest BCUT2D eigenvalue weighted by molar-refractivity contribution is -0.161. The molecular formula is C42H71O9P. The van der Waals surface area contributed by atoms with E-state index in [1.807, 2.05) is 12.2 Å². The minimum absolute atomic E-state index is 0.0876. The molecule has 0 rings (SSSR count). The first kappa shape index (κ1) is 49.5. The topological polar surface area (TPSA) is 140 Å². The molecule has 10 heteroatoms. The van der Waals surface area contributed by atoms with Crippen LogP contribution in [0.15, 0.2) is 72.9 Å². The first-order chi connectivity index (χ1) is 25.1. The van der Waals surface area contributed by atoms with Gasteiger partial charge in [0.25, 0.3) is 0 Å². The molecule has 0 bridgehead atoms. The Balaban J connectivity index is 4.23. The molecule has 0 aromatic rings. The number of phosphoric acid groups is 1. The van der Waals surface area contributed by atoms with Crippen molar-refractivity contribution in [1.29, 1.82) is 0 Å². The Morgan fingerprint density at radius 2 is 1.15 bits per heavy atom. The van der Waals surface area contributed by atoms with E-state index in [1.165, 1.54) is 51.4 Å². The zero-order valence-electron chi connectivity index (χ0n) is 32.5. The fourth-order valence-electron chi connectivity index (χ4n) is 5.05. The SMILES string of the molecule is CC/C=C\C/C=C\C/C=C\C/C=C\C/C=C\C=C/C(O)CCC(=O)O[C@H](COC(=O)CCCCCCCCCCCCC(C)CC)COP(=O)(O)O. The number of esters is 2. The largest absolute Gasteiger partial charge is 0.469 e. The number of aliphatic hydroxyl groups is 1. The zero-order valence-corrected chi connectivity index (χ0v) is 33.3. The van der Waals surface area contributed by atoms with E-state index in [1.54, 1.807) is 12.2 Å². The van der Waals surface area contributed by atoms with Gasteiger partial charge in [0.05, 0.1) is 12.7 Å². The molecule has 0 fully saturated rings. The van der Waals surface area contributed by atoms with E-state index in [-0.39, 0.29) is 25.9 Å². The third-order valence-corrected chi connectivity index (χ3v) is 8.88. The van der Waals surface area contributed by atoms with Crippen molar-refractivity contribution in [3.05, 3.63) is 72.9 Å². The number of ether oxygens (including phenoxy) is 2. The summed E-state index contributed by atoms with van der Waals surface area (Å²) in [5.74, 6) is -0.335. The van der Waals surface area contributed by atoms with Gasteiger partial charge in [-0.25, -0.2) is 4.57 Å². The first-order valence-corrected chi connectivity index (χ1v) is 21.3. The van der Waals surface area contributed by atoms with Crippen LogP contribution in [-0.4, -0.2) is 52.3 Å². The van der Waals surface area contributed by atoms with Crippen molar-refractivity contribution in [2.24, 2.45) is 5.92 Å². The highest BCUT2D eigenvalue weighted by Gasteiger charge is 2.23. The van der Waals surface area contributed by atoms with Crippen LogP contribution in [0.25, 0.3) is 0 Å². The average Bonchev–Trinajstić information content (AvgIpc) is 3.11. The third-order valence-electron chi connectivity index (χ3n) is 8.40. The lowest BCUT2D eigenvalue weighted by Crippen LogP contribution is -2.29. The zero-order chi connectivity index (χ0) is 38.5. The van der Waals surface area contributed by atoms with Crippen LogP contribution >= 0.6 is 7.82 Å². The number of allylic oxidation sites excluding steroid dienone is 11. The summed E-state index contributed by atoms with van der Waals surface area (Å²) in [5, 5.41) is 10.2. The molecule has 0 spiro atoms. The van der Waals surface area contributed by atoms with E-state index < -0.39 is 38.6 Å². The molecule has 298 valence electrons. The maximum atomic E-state index is 12.4. The molecule has 2 unspecified atom stereocenters. The standard InChI is InChI=1S/C42H71O9P/c1-4-6-7-8-9-10-11-12-13-14-15-16-20-23-26-29-32-39(43)34-35-42(45)51-40(37-50-52(46,47)48)36-49-41(44)33-30-27-24-21-18-17-19-22-25-28-31-38(3)5-2/h6-7,9-10,12-13,15-16,23,26,29,32,38-40,43H,4-5,8,11,14,17-22,24-25,27-28,30-31,33-37H2,1-3H3,(H2,46,47,48)/b7-6-,10-9-,13-12-,16-15-,26-23-,32-29-/t38?,39?,40-/m1/s1. The van der Waals surface area contributed by atoms with E-state index >= 15 is 0 Å². The third kappa shape index (κ3) is 37.2. The molecule has 0 heterocycles. The number of aliphatic hydroxyl groups excluding tert-OH is 1. The van der Waals surface area contributed by atoms with Crippen LogP contribution < -0.4 is 0 Å². The second kappa shape index (κ2) is 35.5. The van der Waals surface area contributed by atoms with Crippen molar-refractivity contribution in [1.82, 2.24) is 0 Å². The normalized spacial score (nSPS) is 14.5. The van der Waals surface area contributed by atoms with E-state index in [9.17, 15) is 19.3 Å². The van der Waals surface area contributed by atoms with E-state index in [0.29, 0.717) is 6.42 Å². The molecule has 0 saturated carbocycles. The highest BCUT2D eigenvalue weighted by molar-refractivity contribution is 7.46. The van der Waals surface area contributed by atoms with Crippen LogP contribution in [-0.2, 0) is 28.2 Å². The molecule has 0 radical (unpaired) electrons. The number of hydrogen-bond acceptors (Lipinski definition) is 7. The number of unbranched alkanes of at least 4 members (excludes halogenated alkanes) is 9.